The highest BCUT2D eigenvalue weighted by molar-refractivity contribution is 4.90. The third-order valence-electron chi connectivity index (χ3n) is 5.43. The fourth-order valence-electron chi connectivity index (χ4n) is 4.19. The maximum atomic E-state index is 9.96. The maximum absolute atomic E-state index is 9.96. The van der Waals surface area contributed by atoms with Crippen molar-refractivity contribution in [3.05, 3.63) is 0 Å². The second-order valence-corrected chi connectivity index (χ2v) is 7.78. The summed E-state index contributed by atoms with van der Waals surface area (Å²) in [6.45, 7) is 12.2. The summed E-state index contributed by atoms with van der Waals surface area (Å²) in [4.78, 5) is 5.08. The molecule has 0 aromatic carbocycles. The van der Waals surface area contributed by atoms with Gasteiger partial charge in [-0.1, -0.05) is 19.8 Å². The van der Waals surface area contributed by atoms with Crippen molar-refractivity contribution in [2.75, 3.05) is 39.3 Å². The summed E-state index contributed by atoms with van der Waals surface area (Å²) >= 11 is 0. The van der Waals surface area contributed by atoms with Crippen molar-refractivity contribution in [3.8, 4) is 0 Å². The van der Waals surface area contributed by atoms with Crippen LogP contribution < -0.4 is 5.73 Å². The van der Waals surface area contributed by atoms with Crippen molar-refractivity contribution < 1.29 is 5.11 Å². The lowest BCUT2D eigenvalue weighted by molar-refractivity contribution is -0.00431. The zero-order chi connectivity index (χ0) is 15.5. The van der Waals surface area contributed by atoms with Gasteiger partial charge in [-0.05, 0) is 45.1 Å². The van der Waals surface area contributed by atoms with Crippen LogP contribution in [-0.2, 0) is 0 Å². The molecule has 21 heavy (non-hydrogen) atoms. The fraction of sp³-hybridized carbons (Fsp3) is 1.00. The van der Waals surface area contributed by atoms with Crippen LogP contribution in [0, 0.1) is 11.8 Å². The molecule has 1 heterocycles. The molecule has 0 aromatic rings. The summed E-state index contributed by atoms with van der Waals surface area (Å²) in [5.74, 6) is 1.58. The van der Waals surface area contributed by atoms with E-state index in [0.717, 1.165) is 45.2 Å². The van der Waals surface area contributed by atoms with Crippen LogP contribution in [0.4, 0.5) is 0 Å². The Morgan fingerprint density at radius 2 is 1.81 bits per heavy atom. The lowest BCUT2D eigenvalue weighted by Crippen LogP contribution is -2.56. The van der Waals surface area contributed by atoms with E-state index in [-0.39, 0.29) is 0 Å². The molecule has 2 fully saturated rings. The third kappa shape index (κ3) is 4.92. The highest BCUT2D eigenvalue weighted by Crippen LogP contribution is 2.34. The lowest BCUT2D eigenvalue weighted by atomic mass is 9.76. The standard InChI is InChI=1S/C17H35N3O/c1-4-14-5-6-15(12-18)16(11-14)20-9-7-19(8-10-20)13-17(2,3)21/h14-16,21H,4-13,18H2,1-3H3. The molecular weight excluding hydrogens is 262 g/mol. The van der Waals surface area contributed by atoms with Crippen molar-refractivity contribution >= 4 is 0 Å². The minimum absolute atomic E-state index is 0.583. The van der Waals surface area contributed by atoms with Gasteiger partial charge in [0.05, 0.1) is 5.60 Å². The highest BCUT2D eigenvalue weighted by Gasteiger charge is 2.34. The molecule has 0 spiro atoms. The molecule has 3 N–H and O–H groups in total. The van der Waals surface area contributed by atoms with Crippen LogP contribution in [0.2, 0.25) is 0 Å². The number of aliphatic hydroxyl groups is 1. The molecule has 2 rings (SSSR count). The predicted molar refractivity (Wildman–Crippen MR) is 88.3 cm³/mol. The number of nitrogens with two attached hydrogens (primary N) is 1. The second-order valence-electron chi connectivity index (χ2n) is 7.78. The number of hydrogen-bond acceptors (Lipinski definition) is 4. The van der Waals surface area contributed by atoms with E-state index in [1.165, 1.54) is 25.7 Å². The first kappa shape index (κ1) is 17.2. The molecule has 1 saturated carbocycles. The zero-order valence-corrected chi connectivity index (χ0v) is 14.2. The van der Waals surface area contributed by atoms with Crippen LogP contribution in [-0.4, -0.2) is 65.8 Å². The van der Waals surface area contributed by atoms with Crippen LogP contribution in [0.1, 0.15) is 46.5 Å². The summed E-state index contributed by atoms with van der Waals surface area (Å²) in [5.41, 5.74) is 5.44. The van der Waals surface area contributed by atoms with Gasteiger partial charge in [-0.3, -0.25) is 9.80 Å². The molecule has 3 atom stereocenters. The van der Waals surface area contributed by atoms with Gasteiger partial charge in [-0.15, -0.1) is 0 Å². The number of rotatable bonds is 5. The minimum Gasteiger partial charge on any atom is -0.389 e. The molecule has 124 valence electrons. The largest absolute Gasteiger partial charge is 0.389 e. The Balaban J connectivity index is 1.87. The fourth-order valence-corrected chi connectivity index (χ4v) is 4.19. The van der Waals surface area contributed by atoms with Crippen LogP contribution in [0.5, 0.6) is 0 Å². The Hall–Kier alpha value is -0.160. The lowest BCUT2D eigenvalue weighted by Gasteiger charge is -2.46. The van der Waals surface area contributed by atoms with E-state index in [9.17, 15) is 5.11 Å². The first-order valence-electron chi connectivity index (χ1n) is 8.81. The average Bonchev–Trinajstić information content (AvgIpc) is 2.45. The van der Waals surface area contributed by atoms with Crippen molar-refractivity contribution in [3.63, 3.8) is 0 Å². The van der Waals surface area contributed by atoms with E-state index in [2.05, 4.69) is 16.7 Å². The van der Waals surface area contributed by atoms with Crippen molar-refractivity contribution in [2.24, 2.45) is 17.6 Å². The van der Waals surface area contributed by atoms with Gasteiger partial charge in [-0.2, -0.15) is 0 Å². The molecule has 0 aromatic heterocycles. The molecular formula is C17H35N3O. The monoisotopic (exact) mass is 297 g/mol. The first-order chi connectivity index (χ1) is 9.93. The quantitative estimate of drug-likeness (QED) is 0.808. The molecule has 1 aliphatic heterocycles. The normalized spacial score (nSPS) is 33.3. The Kier molecular flexibility index (Phi) is 6.06. The predicted octanol–water partition coefficient (Wildman–Crippen LogP) is 1.53. The third-order valence-corrected chi connectivity index (χ3v) is 5.43. The van der Waals surface area contributed by atoms with E-state index >= 15 is 0 Å². The van der Waals surface area contributed by atoms with Gasteiger partial charge in [-0.25, -0.2) is 0 Å². The van der Waals surface area contributed by atoms with E-state index in [1.54, 1.807) is 0 Å². The Morgan fingerprint density at radius 3 is 2.33 bits per heavy atom. The minimum atomic E-state index is -0.583. The summed E-state index contributed by atoms with van der Waals surface area (Å²) in [6.07, 6.45) is 5.33. The summed E-state index contributed by atoms with van der Waals surface area (Å²) in [7, 11) is 0. The van der Waals surface area contributed by atoms with Crippen LogP contribution >= 0.6 is 0 Å². The van der Waals surface area contributed by atoms with Gasteiger partial charge in [0.2, 0.25) is 0 Å². The van der Waals surface area contributed by atoms with Crippen LogP contribution in [0.15, 0.2) is 0 Å². The molecule has 4 nitrogen and oxygen atoms in total. The van der Waals surface area contributed by atoms with Crippen LogP contribution in [0.3, 0.4) is 0 Å². The number of hydrogen-bond donors (Lipinski definition) is 2. The van der Waals surface area contributed by atoms with Gasteiger partial charge in [0.1, 0.15) is 0 Å². The molecule has 1 saturated heterocycles. The number of β-amino-alcohol motifs (C(OH)–C–C–N with tert-alkyl or cyclic N) is 1. The van der Waals surface area contributed by atoms with E-state index < -0.39 is 5.60 Å². The SMILES string of the molecule is CCC1CCC(CN)C(N2CCN(CC(C)(C)O)CC2)C1. The highest BCUT2D eigenvalue weighted by atomic mass is 16.3. The van der Waals surface area contributed by atoms with Gasteiger partial charge < -0.3 is 10.8 Å². The van der Waals surface area contributed by atoms with Gasteiger partial charge in [0.25, 0.3) is 0 Å². The Labute approximate surface area is 130 Å². The molecule has 4 heteroatoms. The Bertz CT molecular complexity index is 308. The van der Waals surface area contributed by atoms with E-state index in [4.69, 9.17) is 5.73 Å². The molecule has 0 amide bonds. The number of piperazine rings is 1. The molecule has 1 aliphatic carbocycles. The van der Waals surface area contributed by atoms with E-state index in [1.807, 2.05) is 13.8 Å². The topological polar surface area (TPSA) is 52.7 Å². The first-order valence-corrected chi connectivity index (χ1v) is 8.81. The summed E-state index contributed by atoms with van der Waals surface area (Å²) in [5, 5.41) is 9.96. The molecule has 2 aliphatic rings. The smallest absolute Gasteiger partial charge is 0.0718 e. The second kappa shape index (κ2) is 7.40. The number of nitrogens with zero attached hydrogens (tertiary/aromatic N) is 2. The summed E-state index contributed by atoms with van der Waals surface area (Å²) < 4.78 is 0. The molecule has 3 unspecified atom stereocenters. The van der Waals surface area contributed by atoms with Crippen molar-refractivity contribution in [2.45, 2.75) is 58.1 Å². The van der Waals surface area contributed by atoms with Crippen LogP contribution in [0.25, 0.3) is 0 Å². The molecule has 0 bridgehead atoms. The van der Waals surface area contributed by atoms with Gasteiger partial charge in [0.15, 0.2) is 0 Å². The maximum Gasteiger partial charge on any atom is 0.0718 e. The van der Waals surface area contributed by atoms with Crippen molar-refractivity contribution in [1.29, 1.82) is 0 Å². The van der Waals surface area contributed by atoms with Crippen molar-refractivity contribution in [1.82, 2.24) is 9.80 Å². The van der Waals surface area contributed by atoms with Gasteiger partial charge >= 0.3 is 0 Å². The van der Waals surface area contributed by atoms with E-state index in [0.29, 0.717) is 12.0 Å². The average molecular weight is 297 g/mol. The molecule has 0 radical (unpaired) electrons. The van der Waals surface area contributed by atoms with Gasteiger partial charge in [0, 0.05) is 38.8 Å². The Morgan fingerprint density at radius 1 is 1.14 bits per heavy atom. The summed E-state index contributed by atoms with van der Waals surface area (Å²) in [6, 6.07) is 0.693. The zero-order valence-electron chi connectivity index (χ0n) is 14.2.